The van der Waals surface area contributed by atoms with Crippen LogP contribution in [0.3, 0.4) is 0 Å². The van der Waals surface area contributed by atoms with Crippen LogP contribution in [-0.4, -0.2) is 46.9 Å². The second-order valence-corrected chi connectivity index (χ2v) is 6.54. The highest BCUT2D eigenvalue weighted by atomic mass is 16.5. The molecule has 0 bridgehead atoms. The highest BCUT2D eigenvalue weighted by molar-refractivity contribution is 6.00. The van der Waals surface area contributed by atoms with Gasteiger partial charge in [-0.3, -0.25) is 9.89 Å². The van der Waals surface area contributed by atoms with Crippen molar-refractivity contribution in [3.05, 3.63) is 59.3 Å². The summed E-state index contributed by atoms with van der Waals surface area (Å²) < 4.78 is 11.1. The van der Waals surface area contributed by atoms with Gasteiger partial charge in [0.2, 0.25) is 0 Å². The van der Waals surface area contributed by atoms with Gasteiger partial charge in [-0.05, 0) is 36.8 Å². The third kappa shape index (κ3) is 2.67. The summed E-state index contributed by atoms with van der Waals surface area (Å²) >= 11 is 0. The first kappa shape index (κ1) is 17.9. The van der Waals surface area contributed by atoms with Crippen molar-refractivity contribution in [2.45, 2.75) is 13.0 Å². The molecule has 2 heterocycles. The topological polar surface area (TPSA) is 87.7 Å². The zero-order valence-corrected chi connectivity index (χ0v) is 15.9. The fourth-order valence-corrected chi connectivity index (χ4v) is 3.67. The molecule has 1 atom stereocenters. The van der Waals surface area contributed by atoms with E-state index in [-0.39, 0.29) is 17.7 Å². The standard InChI is InChI=1S/C21H21N3O4/c1-4-28-15-10-9-12(11-16(15)27-3)20-17-18(13-7-5-6-8-14(13)25)22-23-19(17)21(26)24(20)2/h5-11,20,25H,4H2,1-3H3,(H,22,23)/t20-/m1/s1. The number of amides is 1. The van der Waals surface area contributed by atoms with E-state index < -0.39 is 0 Å². The summed E-state index contributed by atoms with van der Waals surface area (Å²) in [7, 11) is 3.33. The third-order valence-corrected chi connectivity index (χ3v) is 4.96. The molecule has 1 amide bonds. The van der Waals surface area contributed by atoms with E-state index in [4.69, 9.17) is 9.47 Å². The summed E-state index contributed by atoms with van der Waals surface area (Å²) in [5.74, 6) is 1.21. The van der Waals surface area contributed by atoms with Crippen LogP contribution in [0.2, 0.25) is 0 Å². The lowest BCUT2D eigenvalue weighted by atomic mass is 9.95. The first-order valence-corrected chi connectivity index (χ1v) is 9.01. The molecule has 3 aromatic rings. The Morgan fingerprint density at radius 1 is 1.21 bits per heavy atom. The fraction of sp³-hybridized carbons (Fsp3) is 0.238. The summed E-state index contributed by atoms with van der Waals surface area (Å²) in [5.41, 5.74) is 3.17. The van der Waals surface area contributed by atoms with Gasteiger partial charge >= 0.3 is 0 Å². The number of nitrogens with one attached hydrogen (secondary N) is 1. The molecule has 28 heavy (non-hydrogen) atoms. The van der Waals surface area contributed by atoms with Crippen LogP contribution in [0.1, 0.15) is 34.6 Å². The van der Waals surface area contributed by atoms with Crippen LogP contribution in [0, 0.1) is 0 Å². The summed E-state index contributed by atoms with van der Waals surface area (Å²) in [6.07, 6.45) is 0. The Morgan fingerprint density at radius 2 is 2.00 bits per heavy atom. The molecule has 0 fully saturated rings. The maximum absolute atomic E-state index is 12.8. The molecule has 7 nitrogen and oxygen atoms in total. The molecule has 144 valence electrons. The van der Waals surface area contributed by atoms with Crippen LogP contribution in [0.25, 0.3) is 11.3 Å². The number of H-pyrrole nitrogens is 1. The molecule has 0 saturated heterocycles. The Balaban J connectivity index is 1.86. The molecule has 7 heteroatoms. The van der Waals surface area contributed by atoms with Gasteiger partial charge in [-0.25, -0.2) is 0 Å². The molecule has 0 saturated carbocycles. The molecule has 0 spiro atoms. The van der Waals surface area contributed by atoms with Gasteiger partial charge in [-0.1, -0.05) is 18.2 Å². The second kappa shape index (κ2) is 6.92. The van der Waals surface area contributed by atoms with Crippen molar-refractivity contribution in [3.63, 3.8) is 0 Å². The van der Waals surface area contributed by atoms with Crippen LogP contribution in [0.4, 0.5) is 0 Å². The largest absolute Gasteiger partial charge is 0.507 e. The maximum Gasteiger partial charge on any atom is 0.272 e. The zero-order valence-electron chi connectivity index (χ0n) is 15.9. The number of nitrogens with zero attached hydrogens (tertiary/aromatic N) is 2. The minimum atomic E-state index is -0.361. The average Bonchev–Trinajstić information content (AvgIpc) is 3.22. The Morgan fingerprint density at radius 3 is 2.71 bits per heavy atom. The number of carbonyl (C=O) groups excluding carboxylic acids is 1. The van der Waals surface area contributed by atoms with Gasteiger partial charge in [0.05, 0.1) is 19.8 Å². The van der Waals surface area contributed by atoms with E-state index in [2.05, 4.69) is 10.2 Å². The highest BCUT2D eigenvalue weighted by Gasteiger charge is 2.40. The molecule has 0 aliphatic carbocycles. The molecule has 1 aromatic heterocycles. The lowest BCUT2D eigenvalue weighted by molar-refractivity contribution is 0.0787. The van der Waals surface area contributed by atoms with Crippen LogP contribution in [0.15, 0.2) is 42.5 Å². The minimum absolute atomic E-state index is 0.113. The van der Waals surface area contributed by atoms with Gasteiger partial charge in [0, 0.05) is 18.2 Å². The van der Waals surface area contributed by atoms with Crippen molar-refractivity contribution in [1.82, 2.24) is 15.1 Å². The Kier molecular flexibility index (Phi) is 4.43. The fourth-order valence-electron chi connectivity index (χ4n) is 3.67. The first-order valence-electron chi connectivity index (χ1n) is 9.01. The van der Waals surface area contributed by atoms with E-state index in [9.17, 15) is 9.90 Å². The van der Waals surface area contributed by atoms with Gasteiger partial charge in [-0.15, -0.1) is 0 Å². The monoisotopic (exact) mass is 379 g/mol. The van der Waals surface area contributed by atoms with Gasteiger partial charge in [0.1, 0.15) is 17.1 Å². The smallest absolute Gasteiger partial charge is 0.272 e. The van der Waals surface area contributed by atoms with Crippen molar-refractivity contribution in [1.29, 1.82) is 0 Å². The second-order valence-electron chi connectivity index (χ2n) is 6.54. The number of hydrogen-bond donors (Lipinski definition) is 2. The number of para-hydroxylation sites is 1. The molecule has 4 rings (SSSR count). The molecular formula is C21H21N3O4. The maximum atomic E-state index is 12.8. The van der Waals surface area contributed by atoms with Crippen molar-refractivity contribution in [2.24, 2.45) is 0 Å². The van der Waals surface area contributed by atoms with E-state index >= 15 is 0 Å². The van der Waals surface area contributed by atoms with Gasteiger partial charge < -0.3 is 19.5 Å². The number of benzene rings is 2. The molecule has 2 aromatic carbocycles. The number of aromatic hydroxyl groups is 1. The predicted molar refractivity (Wildman–Crippen MR) is 104 cm³/mol. The van der Waals surface area contributed by atoms with Crippen LogP contribution in [-0.2, 0) is 0 Å². The van der Waals surface area contributed by atoms with Crippen molar-refractivity contribution >= 4 is 5.91 Å². The predicted octanol–water partition coefficient (Wildman–Crippen LogP) is 3.36. The van der Waals surface area contributed by atoms with E-state index in [0.29, 0.717) is 35.1 Å². The molecule has 2 N–H and O–H groups in total. The minimum Gasteiger partial charge on any atom is -0.507 e. The van der Waals surface area contributed by atoms with E-state index in [1.807, 2.05) is 31.2 Å². The number of rotatable bonds is 5. The molecule has 1 aliphatic heterocycles. The van der Waals surface area contributed by atoms with Crippen LogP contribution < -0.4 is 9.47 Å². The van der Waals surface area contributed by atoms with E-state index in [1.165, 1.54) is 0 Å². The molecule has 0 unspecified atom stereocenters. The van der Waals surface area contributed by atoms with Gasteiger partial charge in [-0.2, -0.15) is 5.10 Å². The summed E-state index contributed by atoms with van der Waals surface area (Å²) in [6.45, 7) is 2.44. The lowest BCUT2D eigenvalue weighted by Crippen LogP contribution is -2.24. The normalized spacial score (nSPS) is 15.6. The number of methoxy groups -OCH3 is 1. The summed E-state index contributed by atoms with van der Waals surface area (Å²) in [4.78, 5) is 14.4. The van der Waals surface area contributed by atoms with E-state index in [1.54, 1.807) is 37.3 Å². The number of phenolic OH excluding ortho intramolecular Hbond substituents is 1. The van der Waals surface area contributed by atoms with E-state index in [0.717, 1.165) is 11.1 Å². The summed E-state index contributed by atoms with van der Waals surface area (Å²) in [6, 6.07) is 12.2. The van der Waals surface area contributed by atoms with Crippen molar-refractivity contribution in [2.75, 3.05) is 20.8 Å². The number of ether oxygens (including phenoxy) is 2. The first-order chi connectivity index (χ1) is 13.6. The average molecular weight is 379 g/mol. The lowest BCUT2D eigenvalue weighted by Gasteiger charge is -2.23. The number of aromatic nitrogens is 2. The molecule has 1 aliphatic rings. The third-order valence-electron chi connectivity index (χ3n) is 4.96. The SMILES string of the molecule is CCOc1ccc([C@@H]2c3c(-c4ccccc4O)n[nH]c3C(=O)N2C)cc1OC. The Bertz CT molecular complexity index is 1040. The van der Waals surface area contributed by atoms with Crippen LogP contribution in [0.5, 0.6) is 17.2 Å². The molecular weight excluding hydrogens is 358 g/mol. The summed E-state index contributed by atoms with van der Waals surface area (Å²) in [5, 5.41) is 17.5. The van der Waals surface area contributed by atoms with Crippen LogP contribution >= 0.6 is 0 Å². The number of carbonyl (C=O) groups is 1. The quantitative estimate of drug-likeness (QED) is 0.710. The Labute approximate surface area is 162 Å². The van der Waals surface area contributed by atoms with Gasteiger partial charge in [0.15, 0.2) is 11.5 Å². The van der Waals surface area contributed by atoms with Crippen molar-refractivity contribution < 1.29 is 19.4 Å². The zero-order chi connectivity index (χ0) is 19.8. The Hall–Kier alpha value is -3.48. The van der Waals surface area contributed by atoms with Crippen molar-refractivity contribution in [3.8, 4) is 28.5 Å². The highest BCUT2D eigenvalue weighted by Crippen LogP contribution is 2.45. The number of phenols is 1. The van der Waals surface area contributed by atoms with Gasteiger partial charge in [0.25, 0.3) is 5.91 Å². The molecule has 0 radical (unpaired) electrons. The number of aromatic amines is 1. The number of fused-ring (bicyclic) bond motifs is 1. The number of hydrogen-bond acceptors (Lipinski definition) is 5.